The van der Waals surface area contributed by atoms with Crippen molar-refractivity contribution in [3.05, 3.63) is 113 Å². The van der Waals surface area contributed by atoms with Crippen molar-refractivity contribution in [3.8, 4) is 16.9 Å². The van der Waals surface area contributed by atoms with E-state index in [2.05, 4.69) is 25.3 Å². The first-order valence-corrected chi connectivity index (χ1v) is 11.8. The molecule has 0 saturated carbocycles. The van der Waals surface area contributed by atoms with E-state index in [1.807, 2.05) is 71.4 Å². The third-order valence-corrected chi connectivity index (χ3v) is 6.47. The van der Waals surface area contributed by atoms with Crippen molar-refractivity contribution in [2.45, 2.75) is 0 Å². The molecule has 0 aliphatic rings. The molecule has 9 nitrogen and oxygen atoms in total. The Bertz CT molecular complexity index is 1970. The number of aromatic nitrogens is 7. The number of benzene rings is 2. The van der Waals surface area contributed by atoms with Gasteiger partial charge in [0.25, 0.3) is 5.56 Å². The minimum atomic E-state index is -0.301. The number of halogens is 1. The van der Waals surface area contributed by atoms with Crippen LogP contribution in [0.25, 0.3) is 39.4 Å². The molecule has 0 saturated heterocycles. The van der Waals surface area contributed by atoms with Crippen LogP contribution in [0.2, 0.25) is 5.02 Å². The van der Waals surface area contributed by atoms with Gasteiger partial charge in [-0.15, -0.1) is 0 Å². The van der Waals surface area contributed by atoms with Gasteiger partial charge in [-0.2, -0.15) is 4.98 Å². The van der Waals surface area contributed by atoms with E-state index in [1.165, 1.54) is 10.8 Å². The fourth-order valence-electron chi connectivity index (χ4n) is 4.38. The number of anilines is 2. The Balaban J connectivity index is 1.26. The predicted molar refractivity (Wildman–Crippen MR) is 143 cm³/mol. The maximum atomic E-state index is 13.4. The Labute approximate surface area is 214 Å². The van der Waals surface area contributed by atoms with E-state index in [1.54, 1.807) is 28.9 Å². The second kappa shape index (κ2) is 8.28. The van der Waals surface area contributed by atoms with Gasteiger partial charge in [0.1, 0.15) is 11.0 Å². The highest BCUT2D eigenvalue weighted by atomic mass is 35.5. The van der Waals surface area contributed by atoms with Crippen molar-refractivity contribution in [1.29, 1.82) is 0 Å². The molecule has 0 bridgehead atoms. The summed E-state index contributed by atoms with van der Waals surface area (Å²) in [5.74, 6) is 0.768. The van der Waals surface area contributed by atoms with E-state index < -0.39 is 0 Å². The van der Waals surface area contributed by atoms with Gasteiger partial charge < -0.3 is 9.72 Å². The number of pyridine rings is 1. The quantitative estimate of drug-likeness (QED) is 0.356. The van der Waals surface area contributed by atoms with E-state index in [-0.39, 0.29) is 5.56 Å². The minimum Gasteiger partial charge on any atom is -0.324 e. The predicted octanol–water partition coefficient (Wildman–Crippen LogP) is 5.14. The Morgan fingerprint density at radius 1 is 0.865 bits per heavy atom. The molecule has 0 radical (unpaired) electrons. The lowest BCUT2D eigenvalue weighted by Gasteiger charge is -2.12. The molecule has 7 aromatic rings. The van der Waals surface area contributed by atoms with Gasteiger partial charge in [-0.25, -0.2) is 19.5 Å². The third-order valence-electron chi connectivity index (χ3n) is 6.15. The first-order chi connectivity index (χ1) is 18.2. The fourth-order valence-corrected chi connectivity index (χ4v) is 4.60. The van der Waals surface area contributed by atoms with Crippen molar-refractivity contribution >= 4 is 45.7 Å². The summed E-state index contributed by atoms with van der Waals surface area (Å²) in [4.78, 5) is 31.5. The van der Waals surface area contributed by atoms with Crippen LogP contribution in [0.3, 0.4) is 0 Å². The number of rotatable bonds is 4. The van der Waals surface area contributed by atoms with Crippen molar-refractivity contribution in [1.82, 2.24) is 33.3 Å². The van der Waals surface area contributed by atoms with Crippen LogP contribution >= 0.6 is 11.6 Å². The van der Waals surface area contributed by atoms with Crippen LogP contribution in [0, 0.1) is 0 Å². The molecular formula is C27H17ClN8O. The SMILES string of the molecule is O=c1c2cnc(Nc3ccc(-c4cn5ccccc5n4)cc3)nc2n2ccnc2n1-c1ccccc1Cl. The zero-order chi connectivity index (χ0) is 24.9. The number of para-hydroxylation sites is 1. The third kappa shape index (κ3) is 3.52. The van der Waals surface area contributed by atoms with E-state index in [9.17, 15) is 4.79 Å². The van der Waals surface area contributed by atoms with Gasteiger partial charge in [-0.05, 0) is 36.4 Å². The average molecular weight is 505 g/mol. The van der Waals surface area contributed by atoms with Crippen LogP contribution in [-0.2, 0) is 0 Å². The Hall–Kier alpha value is -5.02. The number of imidazole rings is 2. The maximum Gasteiger partial charge on any atom is 0.270 e. The molecule has 0 spiro atoms. The maximum absolute atomic E-state index is 13.4. The standard InChI is InChI=1S/C27H17ClN8O/c28-20-5-1-2-6-22(20)36-25(37)19-15-30-26(33-24(19)35-14-12-29-27(35)36)31-18-10-8-17(9-11-18)21-16-34-13-4-3-7-23(34)32-21/h1-16H,(H,30,31,33). The molecule has 0 aliphatic heterocycles. The van der Waals surface area contributed by atoms with Gasteiger partial charge in [0, 0.05) is 42.2 Å². The molecule has 0 atom stereocenters. The van der Waals surface area contributed by atoms with Gasteiger partial charge in [0.2, 0.25) is 11.7 Å². The second-order valence-corrected chi connectivity index (χ2v) is 8.82. The minimum absolute atomic E-state index is 0.301. The Morgan fingerprint density at radius 3 is 2.54 bits per heavy atom. The monoisotopic (exact) mass is 504 g/mol. The van der Waals surface area contributed by atoms with Gasteiger partial charge in [-0.3, -0.25) is 9.20 Å². The van der Waals surface area contributed by atoms with Crippen molar-refractivity contribution in [2.24, 2.45) is 0 Å². The molecule has 7 rings (SSSR count). The summed E-state index contributed by atoms with van der Waals surface area (Å²) in [6, 6.07) is 20.9. The lowest BCUT2D eigenvalue weighted by atomic mass is 10.1. The van der Waals surface area contributed by atoms with E-state index >= 15 is 0 Å². The number of nitrogens with one attached hydrogen (secondary N) is 1. The summed E-state index contributed by atoms with van der Waals surface area (Å²) >= 11 is 6.39. The van der Waals surface area contributed by atoms with Crippen LogP contribution in [0.1, 0.15) is 0 Å². The van der Waals surface area contributed by atoms with Crippen molar-refractivity contribution in [2.75, 3.05) is 5.32 Å². The topological polar surface area (TPSA) is 94.4 Å². The molecule has 37 heavy (non-hydrogen) atoms. The van der Waals surface area contributed by atoms with Crippen molar-refractivity contribution < 1.29 is 0 Å². The van der Waals surface area contributed by atoms with Crippen LogP contribution in [0.15, 0.2) is 103 Å². The molecular weight excluding hydrogens is 488 g/mol. The number of hydrogen-bond acceptors (Lipinski definition) is 6. The van der Waals surface area contributed by atoms with E-state index in [4.69, 9.17) is 11.6 Å². The van der Waals surface area contributed by atoms with E-state index in [0.29, 0.717) is 33.5 Å². The molecule has 2 aromatic carbocycles. The summed E-state index contributed by atoms with van der Waals surface area (Å²) < 4.78 is 5.21. The summed E-state index contributed by atoms with van der Waals surface area (Å²) in [6.45, 7) is 0. The first kappa shape index (κ1) is 21.3. The number of hydrogen-bond donors (Lipinski definition) is 1. The zero-order valence-electron chi connectivity index (χ0n) is 19.2. The van der Waals surface area contributed by atoms with Gasteiger partial charge in [-0.1, -0.05) is 41.9 Å². The highest BCUT2D eigenvalue weighted by Gasteiger charge is 2.17. The van der Waals surface area contributed by atoms with Crippen LogP contribution in [0.5, 0.6) is 0 Å². The lowest BCUT2D eigenvalue weighted by molar-refractivity contribution is 0.961. The molecule has 0 unspecified atom stereocenters. The number of nitrogens with zero attached hydrogens (tertiary/aromatic N) is 7. The van der Waals surface area contributed by atoms with Crippen molar-refractivity contribution in [3.63, 3.8) is 0 Å². The smallest absolute Gasteiger partial charge is 0.270 e. The van der Waals surface area contributed by atoms with Gasteiger partial charge in [0.05, 0.1) is 16.4 Å². The van der Waals surface area contributed by atoms with Crippen LogP contribution < -0.4 is 10.9 Å². The first-order valence-electron chi connectivity index (χ1n) is 11.5. The fraction of sp³-hybridized carbons (Fsp3) is 0. The Morgan fingerprint density at radius 2 is 1.70 bits per heavy atom. The highest BCUT2D eigenvalue weighted by Crippen LogP contribution is 2.24. The average Bonchev–Trinajstić information content (AvgIpc) is 3.58. The second-order valence-electron chi connectivity index (χ2n) is 8.41. The van der Waals surface area contributed by atoms with Crippen LogP contribution in [0.4, 0.5) is 11.6 Å². The molecule has 1 N–H and O–H groups in total. The summed E-state index contributed by atoms with van der Waals surface area (Å²) in [5, 5.41) is 4.01. The summed E-state index contributed by atoms with van der Waals surface area (Å²) in [5.41, 5.74) is 4.26. The molecule has 0 amide bonds. The molecule has 10 heteroatoms. The normalized spacial score (nSPS) is 11.5. The molecule has 0 fully saturated rings. The molecule has 5 aromatic heterocycles. The summed E-state index contributed by atoms with van der Waals surface area (Å²) in [7, 11) is 0. The molecule has 178 valence electrons. The molecule has 0 aliphatic carbocycles. The van der Waals surface area contributed by atoms with E-state index in [0.717, 1.165) is 22.6 Å². The van der Waals surface area contributed by atoms with Gasteiger partial charge in [0.15, 0.2) is 5.65 Å². The van der Waals surface area contributed by atoms with Gasteiger partial charge >= 0.3 is 0 Å². The molecule has 5 heterocycles. The Kier molecular flexibility index (Phi) is 4.76. The lowest BCUT2D eigenvalue weighted by Crippen LogP contribution is -2.22. The highest BCUT2D eigenvalue weighted by molar-refractivity contribution is 6.32. The number of fused-ring (bicyclic) bond motifs is 4. The largest absolute Gasteiger partial charge is 0.324 e. The zero-order valence-corrected chi connectivity index (χ0v) is 19.9. The van der Waals surface area contributed by atoms with Crippen LogP contribution in [-0.4, -0.2) is 33.3 Å². The summed E-state index contributed by atoms with van der Waals surface area (Å²) in [6.07, 6.45) is 8.86.